The molecule has 17 heavy (non-hydrogen) atoms. The Kier molecular flexibility index (Phi) is 4.75. The van der Waals surface area contributed by atoms with E-state index in [4.69, 9.17) is 5.11 Å². The Morgan fingerprint density at radius 3 is 2.47 bits per heavy atom. The molecule has 1 N–H and O–H groups in total. The van der Waals surface area contributed by atoms with Crippen molar-refractivity contribution in [3.8, 4) is 0 Å². The van der Waals surface area contributed by atoms with E-state index in [1.165, 1.54) is 43.4 Å². The summed E-state index contributed by atoms with van der Waals surface area (Å²) in [5.74, 6) is 0.595. The second-order valence-electron chi connectivity index (χ2n) is 4.69. The van der Waals surface area contributed by atoms with Crippen molar-refractivity contribution in [2.75, 3.05) is 13.2 Å². The normalized spacial score (nSPS) is 18.3. The Labute approximate surface area is 103 Å². The van der Waals surface area contributed by atoms with Crippen molar-refractivity contribution in [3.63, 3.8) is 0 Å². The number of aliphatic hydroxyl groups excluding tert-OH is 1. The lowest BCUT2D eigenvalue weighted by molar-refractivity contribution is 0.306. The Morgan fingerprint density at radius 1 is 1.12 bits per heavy atom. The Hall–Kier alpha value is -1.15. The fourth-order valence-electron chi connectivity index (χ4n) is 2.61. The topological polar surface area (TPSA) is 32.6 Å². The molecule has 0 atom stereocenters. The van der Waals surface area contributed by atoms with Crippen molar-refractivity contribution in [1.29, 1.82) is 0 Å². The molecule has 1 aliphatic carbocycles. The molecule has 0 amide bonds. The SMILES string of the molecule is OCCN=C(c1ccccc1)C1CCCCC1. The molecule has 2 nitrogen and oxygen atoms in total. The molecule has 1 aliphatic rings. The summed E-state index contributed by atoms with van der Waals surface area (Å²) in [6.45, 7) is 0.670. The van der Waals surface area contributed by atoms with E-state index in [0.29, 0.717) is 12.5 Å². The van der Waals surface area contributed by atoms with Gasteiger partial charge in [-0.05, 0) is 18.4 Å². The number of aliphatic hydroxyl groups is 1. The molecular weight excluding hydrogens is 210 g/mol. The highest BCUT2D eigenvalue weighted by Gasteiger charge is 2.20. The van der Waals surface area contributed by atoms with Crippen LogP contribution in [0.25, 0.3) is 0 Å². The molecule has 0 saturated heterocycles. The molecule has 1 aromatic rings. The number of hydrogen-bond acceptors (Lipinski definition) is 2. The van der Waals surface area contributed by atoms with E-state index in [9.17, 15) is 0 Å². The van der Waals surface area contributed by atoms with E-state index in [2.05, 4.69) is 29.3 Å². The smallest absolute Gasteiger partial charge is 0.0627 e. The van der Waals surface area contributed by atoms with Crippen molar-refractivity contribution in [1.82, 2.24) is 0 Å². The van der Waals surface area contributed by atoms with Crippen LogP contribution < -0.4 is 0 Å². The van der Waals surface area contributed by atoms with Gasteiger partial charge in [0.2, 0.25) is 0 Å². The minimum absolute atomic E-state index is 0.142. The highest BCUT2D eigenvalue weighted by molar-refractivity contribution is 6.02. The van der Waals surface area contributed by atoms with Gasteiger partial charge in [-0.1, -0.05) is 49.6 Å². The molecule has 0 unspecified atom stereocenters. The van der Waals surface area contributed by atoms with Crippen LogP contribution in [0.4, 0.5) is 0 Å². The molecule has 0 radical (unpaired) electrons. The van der Waals surface area contributed by atoms with Crippen molar-refractivity contribution >= 4 is 5.71 Å². The zero-order valence-electron chi connectivity index (χ0n) is 10.3. The van der Waals surface area contributed by atoms with Crippen LogP contribution in [0, 0.1) is 5.92 Å². The lowest BCUT2D eigenvalue weighted by Crippen LogP contribution is -2.19. The van der Waals surface area contributed by atoms with E-state index in [-0.39, 0.29) is 6.61 Å². The van der Waals surface area contributed by atoms with Gasteiger partial charge in [0.1, 0.15) is 0 Å². The third kappa shape index (κ3) is 3.40. The minimum atomic E-state index is 0.142. The maximum absolute atomic E-state index is 8.95. The van der Waals surface area contributed by atoms with Gasteiger partial charge >= 0.3 is 0 Å². The minimum Gasteiger partial charge on any atom is -0.394 e. The van der Waals surface area contributed by atoms with Gasteiger partial charge in [-0.15, -0.1) is 0 Å². The van der Waals surface area contributed by atoms with Crippen LogP contribution in [0.3, 0.4) is 0 Å². The predicted octanol–water partition coefficient (Wildman–Crippen LogP) is 3.05. The molecule has 0 aromatic heterocycles. The molecule has 0 spiro atoms. The van der Waals surface area contributed by atoms with E-state index < -0.39 is 0 Å². The summed E-state index contributed by atoms with van der Waals surface area (Å²) in [5, 5.41) is 8.95. The summed E-state index contributed by atoms with van der Waals surface area (Å²) in [7, 11) is 0. The van der Waals surface area contributed by atoms with Crippen molar-refractivity contribution < 1.29 is 5.11 Å². The van der Waals surface area contributed by atoms with E-state index in [1.54, 1.807) is 0 Å². The Morgan fingerprint density at radius 2 is 1.82 bits per heavy atom. The fourth-order valence-corrected chi connectivity index (χ4v) is 2.61. The highest BCUT2D eigenvalue weighted by atomic mass is 16.3. The lowest BCUT2D eigenvalue weighted by atomic mass is 9.83. The van der Waals surface area contributed by atoms with Gasteiger partial charge in [-0.2, -0.15) is 0 Å². The monoisotopic (exact) mass is 231 g/mol. The van der Waals surface area contributed by atoms with Crippen LogP contribution in [0.15, 0.2) is 35.3 Å². The fraction of sp³-hybridized carbons (Fsp3) is 0.533. The van der Waals surface area contributed by atoms with Crippen LogP contribution in [0.1, 0.15) is 37.7 Å². The summed E-state index contributed by atoms with van der Waals surface area (Å²) in [4.78, 5) is 4.60. The molecule has 2 heteroatoms. The molecule has 0 bridgehead atoms. The summed E-state index contributed by atoms with van der Waals surface area (Å²) in [6.07, 6.45) is 6.49. The second kappa shape index (κ2) is 6.55. The van der Waals surface area contributed by atoms with E-state index in [1.807, 2.05) is 6.07 Å². The average Bonchev–Trinajstić information content (AvgIpc) is 2.42. The van der Waals surface area contributed by atoms with Crippen LogP contribution >= 0.6 is 0 Å². The number of aliphatic imine (C=N–C) groups is 1. The van der Waals surface area contributed by atoms with Gasteiger partial charge in [-0.3, -0.25) is 4.99 Å². The first-order valence-electron chi connectivity index (χ1n) is 6.62. The molecular formula is C15H21NO. The second-order valence-corrected chi connectivity index (χ2v) is 4.69. The van der Waals surface area contributed by atoms with E-state index >= 15 is 0 Å². The highest BCUT2D eigenvalue weighted by Crippen LogP contribution is 2.27. The van der Waals surface area contributed by atoms with Crippen LogP contribution in [-0.2, 0) is 0 Å². The largest absolute Gasteiger partial charge is 0.394 e. The number of benzene rings is 1. The first-order chi connectivity index (χ1) is 8.42. The maximum Gasteiger partial charge on any atom is 0.0627 e. The van der Waals surface area contributed by atoms with Crippen molar-refractivity contribution in [2.45, 2.75) is 32.1 Å². The Bertz CT molecular complexity index is 352. The first-order valence-corrected chi connectivity index (χ1v) is 6.62. The molecule has 92 valence electrons. The standard InChI is InChI=1S/C15H21NO/c17-12-11-16-15(13-7-3-1-4-8-13)14-9-5-2-6-10-14/h1,3-4,7-8,14,17H,2,5-6,9-12H2. The molecule has 2 rings (SSSR count). The lowest BCUT2D eigenvalue weighted by Gasteiger charge is -2.23. The molecule has 1 aromatic carbocycles. The zero-order chi connectivity index (χ0) is 11.9. The third-order valence-corrected chi connectivity index (χ3v) is 3.44. The molecule has 1 saturated carbocycles. The van der Waals surface area contributed by atoms with Gasteiger partial charge < -0.3 is 5.11 Å². The van der Waals surface area contributed by atoms with Crippen molar-refractivity contribution in [3.05, 3.63) is 35.9 Å². The van der Waals surface area contributed by atoms with E-state index in [0.717, 1.165) is 0 Å². The summed E-state index contributed by atoms with van der Waals surface area (Å²) >= 11 is 0. The van der Waals surface area contributed by atoms with Crippen molar-refractivity contribution in [2.24, 2.45) is 10.9 Å². The van der Waals surface area contributed by atoms with Gasteiger partial charge in [-0.25, -0.2) is 0 Å². The quantitative estimate of drug-likeness (QED) is 0.794. The summed E-state index contributed by atoms with van der Waals surface area (Å²) in [5.41, 5.74) is 2.44. The van der Waals surface area contributed by atoms with Gasteiger partial charge in [0.05, 0.1) is 13.2 Å². The Balaban J connectivity index is 2.18. The number of hydrogen-bond donors (Lipinski definition) is 1. The van der Waals surface area contributed by atoms with Crippen LogP contribution in [0.5, 0.6) is 0 Å². The molecule has 0 aliphatic heterocycles. The number of nitrogens with zero attached hydrogens (tertiary/aromatic N) is 1. The zero-order valence-corrected chi connectivity index (χ0v) is 10.3. The van der Waals surface area contributed by atoms with Crippen LogP contribution in [0.2, 0.25) is 0 Å². The number of rotatable bonds is 4. The first kappa shape index (κ1) is 12.3. The van der Waals surface area contributed by atoms with Gasteiger partial charge in [0, 0.05) is 11.6 Å². The predicted molar refractivity (Wildman–Crippen MR) is 71.5 cm³/mol. The third-order valence-electron chi connectivity index (χ3n) is 3.44. The van der Waals surface area contributed by atoms with Gasteiger partial charge in [0.25, 0.3) is 0 Å². The van der Waals surface area contributed by atoms with Crippen LogP contribution in [-0.4, -0.2) is 24.0 Å². The average molecular weight is 231 g/mol. The van der Waals surface area contributed by atoms with Gasteiger partial charge in [0.15, 0.2) is 0 Å². The molecule has 1 fully saturated rings. The summed E-state index contributed by atoms with van der Waals surface area (Å²) < 4.78 is 0. The maximum atomic E-state index is 8.95. The molecule has 0 heterocycles. The summed E-state index contributed by atoms with van der Waals surface area (Å²) in [6, 6.07) is 10.4.